The zero-order valence-corrected chi connectivity index (χ0v) is 14.6. The predicted molar refractivity (Wildman–Crippen MR) is 92.2 cm³/mol. The van der Waals surface area contributed by atoms with Gasteiger partial charge < -0.3 is 20.4 Å². The first kappa shape index (κ1) is 16.1. The molecule has 2 aromatic rings. The van der Waals surface area contributed by atoms with Gasteiger partial charge in [0.25, 0.3) is 0 Å². The molecule has 0 unspecified atom stereocenters. The molecule has 0 radical (unpaired) electrons. The van der Waals surface area contributed by atoms with Gasteiger partial charge in [-0.15, -0.1) is 0 Å². The molecule has 1 atom stereocenters. The Bertz CT molecular complexity index is 837. The lowest BCUT2D eigenvalue weighted by Crippen LogP contribution is -2.50. The van der Waals surface area contributed by atoms with Crippen LogP contribution in [0.5, 0.6) is 11.6 Å². The number of rotatable bonds is 1. The van der Waals surface area contributed by atoms with E-state index < -0.39 is 5.88 Å². The average Bonchev–Trinajstić information content (AvgIpc) is 2.53. The van der Waals surface area contributed by atoms with Crippen molar-refractivity contribution in [2.45, 2.75) is 13.0 Å². The van der Waals surface area contributed by atoms with Crippen molar-refractivity contribution in [1.29, 1.82) is 5.26 Å². The highest BCUT2D eigenvalue weighted by molar-refractivity contribution is 9.10. The van der Waals surface area contributed by atoms with Gasteiger partial charge in [0.15, 0.2) is 5.75 Å². The molecule has 2 heterocycles. The van der Waals surface area contributed by atoms with Crippen molar-refractivity contribution in [3.05, 3.63) is 21.1 Å². The van der Waals surface area contributed by atoms with Gasteiger partial charge in [-0.05, 0) is 28.9 Å². The Kier molecular flexibility index (Phi) is 4.23. The Morgan fingerprint density at radius 1 is 1.52 bits per heavy atom. The molecule has 1 aromatic carbocycles. The highest BCUT2D eigenvalue weighted by Gasteiger charge is 2.27. The van der Waals surface area contributed by atoms with Gasteiger partial charge in [0.05, 0.1) is 15.2 Å². The van der Waals surface area contributed by atoms with Crippen LogP contribution in [0.3, 0.4) is 0 Å². The Hall–Kier alpha value is -1.75. The van der Waals surface area contributed by atoms with Crippen molar-refractivity contribution in [3.8, 4) is 17.7 Å². The van der Waals surface area contributed by atoms with Gasteiger partial charge in [-0.3, -0.25) is 0 Å². The van der Waals surface area contributed by atoms with E-state index in [0.29, 0.717) is 27.1 Å². The van der Waals surface area contributed by atoms with Crippen molar-refractivity contribution in [2.75, 3.05) is 24.5 Å². The van der Waals surface area contributed by atoms with E-state index in [2.05, 4.69) is 26.2 Å². The van der Waals surface area contributed by atoms with Crippen LogP contribution < -0.4 is 10.2 Å². The maximum absolute atomic E-state index is 10.3. The first-order valence-electron chi connectivity index (χ1n) is 7.06. The minimum Gasteiger partial charge on any atom is -0.504 e. The van der Waals surface area contributed by atoms with E-state index in [1.54, 1.807) is 6.07 Å². The molecule has 6 nitrogen and oxygen atoms in total. The third-order valence-corrected chi connectivity index (χ3v) is 5.33. The third-order valence-electron chi connectivity index (χ3n) is 4.00. The monoisotopic (exact) mass is 396 g/mol. The second-order valence-electron chi connectivity index (χ2n) is 5.43. The molecule has 0 saturated carbocycles. The van der Waals surface area contributed by atoms with Crippen LogP contribution in [-0.2, 0) is 0 Å². The van der Waals surface area contributed by atoms with Crippen LogP contribution in [0.2, 0.25) is 5.02 Å². The molecular formula is C15H14BrClN4O2. The molecule has 0 amide bonds. The van der Waals surface area contributed by atoms with E-state index in [0.717, 1.165) is 13.1 Å². The number of aromatic hydroxyl groups is 2. The quantitative estimate of drug-likeness (QED) is 0.685. The van der Waals surface area contributed by atoms with Crippen LogP contribution >= 0.6 is 27.5 Å². The van der Waals surface area contributed by atoms with Crippen molar-refractivity contribution in [1.82, 2.24) is 10.3 Å². The Morgan fingerprint density at radius 3 is 2.91 bits per heavy atom. The van der Waals surface area contributed by atoms with Gasteiger partial charge in [-0.2, -0.15) is 5.26 Å². The molecule has 1 saturated heterocycles. The number of phenolic OH excluding ortho intramolecular Hbond substituents is 1. The smallest absolute Gasteiger partial charge is 0.232 e. The van der Waals surface area contributed by atoms with Crippen LogP contribution in [-0.4, -0.2) is 40.9 Å². The summed E-state index contributed by atoms with van der Waals surface area (Å²) in [6, 6.07) is 3.78. The number of aromatic nitrogens is 1. The highest BCUT2D eigenvalue weighted by Crippen LogP contribution is 2.44. The fraction of sp³-hybridized carbons (Fsp3) is 0.333. The normalized spacial score (nSPS) is 18.2. The van der Waals surface area contributed by atoms with Crippen molar-refractivity contribution in [3.63, 3.8) is 0 Å². The van der Waals surface area contributed by atoms with Gasteiger partial charge in [0, 0.05) is 31.1 Å². The van der Waals surface area contributed by atoms with Crippen LogP contribution in [0.25, 0.3) is 10.9 Å². The molecule has 0 aliphatic carbocycles. The maximum atomic E-state index is 10.3. The minimum absolute atomic E-state index is 0.0871. The number of halogens is 2. The predicted octanol–water partition coefficient (Wildman–Crippen LogP) is 2.73. The van der Waals surface area contributed by atoms with Gasteiger partial charge in [-0.25, -0.2) is 4.98 Å². The SMILES string of the molecule is C[C@H]1CNCCN1c1c(C#N)c(O)nc2c(O)c(Br)c(Cl)cc12. The van der Waals surface area contributed by atoms with Gasteiger partial charge in [-0.1, -0.05) is 11.6 Å². The summed E-state index contributed by atoms with van der Waals surface area (Å²) in [6.45, 7) is 4.21. The highest BCUT2D eigenvalue weighted by atomic mass is 79.9. The molecule has 1 aliphatic rings. The van der Waals surface area contributed by atoms with Gasteiger partial charge in [0.1, 0.15) is 17.1 Å². The molecule has 3 N–H and O–H groups in total. The summed E-state index contributed by atoms with van der Waals surface area (Å²) < 4.78 is 0.308. The van der Waals surface area contributed by atoms with E-state index >= 15 is 0 Å². The lowest BCUT2D eigenvalue weighted by Gasteiger charge is -2.37. The van der Waals surface area contributed by atoms with Crippen LogP contribution in [0.15, 0.2) is 10.5 Å². The van der Waals surface area contributed by atoms with Crippen LogP contribution in [0.4, 0.5) is 5.69 Å². The number of nitrogens with zero attached hydrogens (tertiary/aromatic N) is 3. The standard InChI is InChI=1S/C15H14BrClN4O2/c1-7-6-19-2-3-21(7)13-8-4-10(17)11(16)14(22)12(8)20-15(23)9(13)5-18/h4,7,19,22H,2-3,6H2,1H3,(H,20,23)/t7-/m0/s1. The number of fused-ring (bicyclic) bond motifs is 1. The number of anilines is 1. The molecule has 1 fully saturated rings. The molecule has 23 heavy (non-hydrogen) atoms. The van der Waals surface area contributed by atoms with Crippen molar-refractivity contribution in [2.24, 2.45) is 0 Å². The van der Waals surface area contributed by atoms with Crippen LogP contribution in [0.1, 0.15) is 12.5 Å². The van der Waals surface area contributed by atoms with Gasteiger partial charge >= 0.3 is 0 Å². The number of phenols is 1. The number of hydrogen-bond donors (Lipinski definition) is 3. The van der Waals surface area contributed by atoms with E-state index in [-0.39, 0.29) is 22.9 Å². The number of nitriles is 1. The van der Waals surface area contributed by atoms with E-state index in [4.69, 9.17) is 11.6 Å². The van der Waals surface area contributed by atoms with E-state index in [9.17, 15) is 15.5 Å². The molecule has 120 valence electrons. The number of pyridine rings is 1. The summed E-state index contributed by atoms with van der Waals surface area (Å²) in [6.07, 6.45) is 0. The molecule has 8 heteroatoms. The fourth-order valence-corrected chi connectivity index (χ4v) is 3.37. The largest absolute Gasteiger partial charge is 0.504 e. The molecule has 1 aromatic heterocycles. The minimum atomic E-state index is -0.398. The molecule has 1 aliphatic heterocycles. The average molecular weight is 398 g/mol. The Morgan fingerprint density at radius 2 is 2.26 bits per heavy atom. The molecule has 0 bridgehead atoms. The first-order chi connectivity index (χ1) is 11.0. The second kappa shape index (κ2) is 6.04. The number of nitrogens with one attached hydrogen (secondary N) is 1. The first-order valence-corrected chi connectivity index (χ1v) is 8.24. The number of hydrogen-bond acceptors (Lipinski definition) is 6. The van der Waals surface area contributed by atoms with E-state index in [1.807, 2.05) is 17.9 Å². The third kappa shape index (κ3) is 2.57. The Balaban J connectivity index is 2.40. The number of piperazine rings is 1. The molecule has 3 rings (SSSR count). The van der Waals surface area contributed by atoms with Crippen molar-refractivity contribution >= 4 is 44.1 Å². The van der Waals surface area contributed by atoms with Crippen LogP contribution in [0, 0.1) is 11.3 Å². The van der Waals surface area contributed by atoms with Crippen molar-refractivity contribution < 1.29 is 10.2 Å². The van der Waals surface area contributed by atoms with Gasteiger partial charge in [0.2, 0.25) is 5.88 Å². The Labute approximate surface area is 146 Å². The number of benzene rings is 1. The zero-order chi connectivity index (χ0) is 16.7. The summed E-state index contributed by atoms with van der Waals surface area (Å²) in [5, 5.41) is 34.1. The summed E-state index contributed by atoms with van der Waals surface area (Å²) in [7, 11) is 0. The second-order valence-corrected chi connectivity index (χ2v) is 6.63. The summed E-state index contributed by atoms with van der Waals surface area (Å²) >= 11 is 9.37. The molecular weight excluding hydrogens is 384 g/mol. The fourth-order valence-electron chi connectivity index (χ4n) is 2.87. The summed E-state index contributed by atoms with van der Waals surface area (Å²) in [5.74, 6) is -0.554. The summed E-state index contributed by atoms with van der Waals surface area (Å²) in [4.78, 5) is 6.01. The zero-order valence-electron chi connectivity index (χ0n) is 12.3. The lowest BCUT2D eigenvalue weighted by molar-refractivity contribution is 0.447. The lowest BCUT2D eigenvalue weighted by atomic mass is 10.0. The topological polar surface area (TPSA) is 92.4 Å². The maximum Gasteiger partial charge on any atom is 0.232 e. The molecule has 0 spiro atoms. The van der Waals surface area contributed by atoms with E-state index in [1.165, 1.54) is 0 Å². The summed E-state index contributed by atoms with van der Waals surface area (Å²) in [5.41, 5.74) is 0.844.